The van der Waals surface area contributed by atoms with Gasteiger partial charge in [0.25, 0.3) is 5.91 Å². The number of hydrogen-bond donors (Lipinski definition) is 2. The zero-order chi connectivity index (χ0) is 13.1. The summed E-state index contributed by atoms with van der Waals surface area (Å²) in [6.07, 6.45) is 2.50. The van der Waals surface area contributed by atoms with E-state index >= 15 is 0 Å². The molecule has 0 spiro atoms. The average Bonchev–Trinajstić information content (AvgIpc) is 2.79. The maximum absolute atomic E-state index is 12.0. The van der Waals surface area contributed by atoms with Crippen molar-refractivity contribution in [1.29, 1.82) is 0 Å². The number of carbonyl (C=O) groups excluding carboxylic acids is 1. The van der Waals surface area contributed by atoms with Gasteiger partial charge in [-0.25, -0.2) is 0 Å². The van der Waals surface area contributed by atoms with Crippen molar-refractivity contribution in [3.63, 3.8) is 0 Å². The van der Waals surface area contributed by atoms with E-state index < -0.39 is 0 Å². The summed E-state index contributed by atoms with van der Waals surface area (Å²) in [4.78, 5) is 12.0. The molecule has 1 aromatic carbocycles. The molecule has 1 heterocycles. The normalized spacial score (nSPS) is 10.4. The highest BCUT2D eigenvalue weighted by Crippen LogP contribution is 2.23. The Morgan fingerprint density at radius 2 is 2.33 bits per heavy atom. The third kappa shape index (κ3) is 2.73. The van der Waals surface area contributed by atoms with Crippen molar-refractivity contribution in [3.05, 3.63) is 45.0 Å². The van der Waals surface area contributed by atoms with E-state index in [0.29, 0.717) is 16.4 Å². The highest BCUT2D eigenvalue weighted by molar-refractivity contribution is 9.10. The number of benzene rings is 1. The van der Waals surface area contributed by atoms with E-state index in [1.807, 2.05) is 6.92 Å². The third-order valence-electron chi connectivity index (χ3n) is 2.52. The molecule has 0 aliphatic carbocycles. The van der Waals surface area contributed by atoms with E-state index in [2.05, 4.69) is 31.4 Å². The van der Waals surface area contributed by atoms with Crippen LogP contribution in [0.15, 0.2) is 28.9 Å². The van der Waals surface area contributed by atoms with Crippen molar-refractivity contribution in [2.75, 3.05) is 5.32 Å². The minimum absolute atomic E-state index is 0.219. The molecule has 4 nitrogen and oxygen atoms in total. The Bertz CT molecular complexity index is 582. The molecule has 0 saturated carbocycles. The second-order valence-electron chi connectivity index (χ2n) is 3.71. The lowest BCUT2D eigenvalue weighted by atomic mass is 10.2. The van der Waals surface area contributed by atoms with Crippen molar-refractivity contribution in [3.8, 4) is 0 Å². The van der Waals surface area contributed by atoms with E-state index in [9.17, 15) is 4.79 Å². The molecular weight excluding hydrogens is 318 g/mol. The number of nitrogens with one attached hydrogen (secondary N) is 2. The summed E-state index contributed by atoms with van der Waals surface area (Å²) < 4.78 is 0.761. The quantitative estimate of drug-likeness (QED) is 0.903. The molecule has 2 N–H and O–H groups in total. The van der Waals surface area contributed by atoms with Gasteiger partial charge in [-0.2, -0.15) is 5.10 Å². The van der Waals surface area contributed by atoms with E-state index in [-0.39, 0.29) is 5.91 Å². The lowest BCUT2D eigenvalue weighted by Crippen LogP contribution is -2.13. The Balaban J connectivity index is 2.19. The van der Waals surface area contributed by atoms with Gasteiger partial charge in [-0.15, -0.1) is 0 Å². The molecule has 0 aliphatic rings. The summed E-state index contributed by atoms with van der Waals surface area (Å²) in [5.41, 5.74) is 1.46. The Labute approximate surface area is 118 Å². The summed E-state index contributed by atoms with van der Waals surface area (Å²) in [5.74, 6) is 0.407. The Morgan fingerprint density at radius 3 is 3.00 bits per heavy atom. The van der Waals surface area contributed by atoms with Crippen LogP contribution in [0.4, 0.5) is 5.82 Å². The van der Waals surface area contributed by atoms with Crippen LogP contribution in [0.5, 0.6) is 0 Å². The van der Waals surface area contributed by atoms with Crippen LogP contribution < -0.4 is 5.32 Å². The Hall–Kier alpha value is -1.33. The maximum Gasteiger partial charge on any atom is 0.256 e. The summed E-state index contributed by atoms with van der Waals surface area (Å²) in [6, 6.07) is 5.06. The first kappa shape index (κ1) is 13.1. The minimum Gasteiger partial charge on any atom is -0.307 e. The molecule has 0 aliphatic heterocycles. The molecule has 2 aromatic rings. The van der Waals surface area contributed by atoms with Crippen molar-refractivity contribution in [1.82, 2.24) is 10.2 Å². The van der Waals surface area contributed by atoms with Crippen LogP contribution in [0, 0.1) is 0 Å². The smallest absolute Gasteiger partial charge is 0.256 e. The number of aryl methyl sites for hydroxylation is 1. The van der Waals surface area contributed by atoms with Gasteiger partial charge in [0, 0.05) is 15.6 Å². The van der Waals surface area contributed by atoms with Gasteiger partial charge < -0.3 is 5.32 Å². The van der Waals surface area contributed by atoms with Gasteiger partial charge in [0.05, 0.1) is 11.2 Å². The highest BCUT2D eigenvalue weighted by Gasteiger charge is 2.11. The second-order valence-corrected chi connectivity index (χ2v) is 4.97. The predicted octanol–water partition coefficient (Wildman–Crippen LogP) is 3.64. The maximum atomic E-state index is 12.0. The molecule has 0 atom stereocenters. The largest absolute Gasteiger partial charge is 0.307 e. The topological polar surface area (TPSA) is 57.8 Å². The first-order chi connectivity index (χ1) is 8.61. The van der Waals surface area contributed by atoms with Crippen LogP contribution in [0.25, 0.3) is 0 Å². The SMILES string of the molecule is CCc1cn[nH]c1NC(=O)c1ccc(Br)c(Cl)c1. The fourth-order valence-electron chi connectivity index (χ4n) is 1.51. The predicted molar refractivity (Wildman–Crippen MR) is 75.1 cm³/mol. The molecule has 2 rings (SSSR count). The lowest BCUT2D eigenvalue weighted by molar-refractivity contribution is 0.102. The zero-order valence-corrected chi connectivity index (χ0v) is 12.0. The first-order valence-electron chi connectivity index (χ1n) is 5.40. The number of H-pyrrole nitrogens is 1. The van der Waals surface area contributed by atoms with Crippen LogP contribution in [-0.4, -0.2) is 16.1 Å². The molecule has 0 fully saturated rings. The van der Waals surface area contributed by atoms with Crippen molar-refractivity contribution < 1.29 is 4.79 Å². The van der Waals surface area contributed by atoms with E-state index in [1.54, 1.807) is 24.4 Å². The van der Waals surface area contributed by atoms with Crippen LogP contribution in [0.2, 0.25) is 5.02 Å². The number of rotatable bonds is 3. The molecule has 1 aromatic heterocycles. The molecule has 18 heavy (non-hydrogen) atoms. The molecule has 0 radical (unpaired) electrons. The van der Waals surface area contributed by atoms with Crippen LogP contribution in [0.1, 0.15) is 22.8 Å². The molecule has 6 heteroatoms. The van der Waals surface area contributed by atoms with Crippen LogP contribution in [0.3, 0.4) is 0 Å². The van der Waals surface area contributed by atoms with Gasteiger partial charge in [0.15, 0.2) is 0 Å². The number of halogens is 2. The number of aromatic amines is 1. The number of nitrogens with zero attached hydrogens (tertiary/aromatic N) is 1. The standard InChI is InChI=1S/C12H11BrClN3O/c1-2-7-6-15-17-11(7)16-12(18)8-3-4-9(13)10(14)5-8/h3-6H,2H2,1H3,(H2,15,16,17,18). The average molecular weight is 329 g/mol. The van der Waals surface area contributed by atoms with Gasteiger partial charge in [-0.1, -0.05) is 18.5 Å². The van der Waals surface area contributed by atoms with Gasteiger partial charge in [-0.3, -0.25) is 9.89 Å². The number of amides is 1. The number of aromatic nitrogens is 2. The fourth-order valence-corrected chi connectivity index (χ4v) is 1.94. The van der Waals surface area contributed by atoms with Gasteiger partial charge >= 0.3 is 0 Å². The molecule has 0 unspecified atom stereocenters. The number of anilines is 1. The van der Waals surface area contributed by atoms with Crippen LogP contribution in [-0.2, 0) is 6.42 Å². The monoisotopic (exact) mass is 327 g/mol. The molecule has 0 bridgehead atoms. The fraction of sp³-hybridized carbons (Fsp3) is 0.167. The Morgan fingerprint density at radius 1 is 1.56 bits per heavy atom. The Kier molecular flexibility index (Phi) is 4.04. The lowest BCUT2D eigenvalue weighted by Gasteiger charge is -2.05. The zero-order valence-electron chi connectivity index (χ0n) is 9.63. The molecule has 1 amide bonds. The van der Waals surface area contributed by atoms with Crippen molar-refractivity contribution in [2.45, 2.75) is 13.3 Å². The summed E-state index contributed by atoms with van der Waals surface area (Å²) in [6.45, 7) is 2.00. The van der Waals surface area contributed by atoms with Gasteiger partial charge in [-0.05, 0) is 40.5 Å². The molecule has 94 valence electrons. The molecule has 0 saturated heterocycles. The van der Waals surface area contributed by atoms with Crippen molar-refractivity contribution in [2.24, 2.45) is 0 Å². The van der Waals surface area contributed by atoms with E-state index in [4.69, 9.17) is 11.6 Å². The summed E-state index contributed by atoms with van der Waals surface area (Å²) in [7, 11) is 0. The third-order valence-corrected chi connectivity index (χ3v) is 3.75. The van der Waals surface area contributed by atoms with Gasteiger partial charge in [0.2, 0.25) is 0 Å². The van der Waals surface area contributed by atoms with Gasteiger partial charge in [0.1, 0.15) is 5.82 Å². The summed E-state index contributed by atoms with van der Waals surface area (Å²) in [5, 5.41) is 9.93. The second kappa shape index (κ2) is 5.54. The van der Waals surface area contributed by atoms with E-state index in [1.165, 1.54) is 0 Å². The van der Waals surface area contributed by atoms with Crippen molar-refractivity contribution >= 4 is 39.3 Å². The molecular formula is C12H11BrClN3O. The van der Waals surface area contributed by atoms with E-state index in [0.717, 1.165) is 16.5 Å². The number of hydrogen-bond acceptors (Lipinski definition) is 2. The van der Waals surface area contributed by atoms with Crippen LogP contribution >= 0.6 is 27.5 Å². The summed E-state index contributed by atoms with van der Waals surface area (Å²) >= 11 is 9.23. The minimum atomic E-state index is -0.219. The highest BCUT2D eigenvalue weighted by atomic mass is 79.9. The first-order valence-corrected chi connectivity index (χ1v) is 6.57. The number of carbonyl (C=O) groups is 1.